The molecule has 1 rings (SSSR count). The number of hydrogen-bond donors (Lipinski definition) is 3. The Morgan fingerprint density at radius 2 is 1.66 bits per heavy atom. The Bertz CT molecular complexity index is 676. The monoisotopic (exact) mass is 447 g/mol. The van der Waals surface area contributed by atoms with Gasteiger partial charge in [-0.05, 0) is 30.1 Å². The first-order chi connectivity index (χ1) is 13.5. The van der Waals surface area contributed by atoms with Crippen molar-refractivity contribution in [3.63, 3.8) is 0 Å². The Morgan fingerprint density at radius 1 is 1.07 bits per heavy atom. The maximum Gasteiger partial charge on any atom is 0.175 e. The van der Waals surface area contributed by atoms with Crippen LogP contribution in [-0.2, 0) is 28.0 Å². The van der Waals surface area contributed by atoms with Gasteiger partial charge in [0.1, 0.15) is 5.84 Å². The highest BCUT2D eigenvalue weighted by Gasteiger charge is 2.22. The summed E-state index contributed by atoms with van der Waals surface area (Å²) in [6.45, 7) is 8.44. The largest absolute Gasteiger partial charge is 0.386 e. The lowest BCUT2D eigenvalue weighted by atomic mass is 9.86. The van der Waals surface area contributed by atoms with Gasteiger partial charge < -0.3 is 11.2 Å². The number of nitrogens with zero attached hydrogens (tertiary/aromatic N) is 4. The van der Waals surface area contributed by atoms with E-state index in [-0.39, 0.29) is 10.8 Å². The van der Waals surface area contributed by atoms with Crippen LogP contribution in [0.4, 0.5) is 0 Å². The molecule has 0 saturated carbocycles. The zero-order valence-corrected chi connectivity index (χ0v) is 20.0. The zero-order valence-electron chi connectivity index (χ0n) is 18.4. The van der Waals surface area contributed by atoms with Gasteiger partial charge in [-0.15, -0.1) is 10.2 Å². The number of hydrogen-bond acceptors (Lipinski definition) is 7. The van der Waals surface area contributed by atoms with Gasteiger partial charge in [0.25, 0.3) is 0 Å². The van der Waals surface area contributed by atoms with Crippen LogP contribution in [0.15, 0.2) is 5.10 Å². The van der Waals surface area contributed by atoms with E-state index in [1.54, 1.807) is 7.05 Å². The van der Waals surface area contributed by atoms with E-state index in [1.165, 1.54) is 0 Å². The normalized spacial score (nSPS) is 15.3. The Kier molecular flexibility index (Phi) is 10.9. The smallest absolute Gasteiger partial charge is 0.175 e. The van der Waals surface area contributed by atoms with Crippen LogP contribution in [0, 0.1) is 10.8 Å². The molecule has 0 amide bonds. The fourth-order valence-corrected chi connectivity index (χ4v) is 5.99. The fourth-order valence-electron chi connectivity index (χ4n) is 2.90. The van der Waals surface area contributed by atoms with Crippen LogP contribution >= 0.6 is 0 Å². The minimum Gasteiger partial charge on any atom is -0.386 e. The molecule has 0 saturated heterocycles. The molecule has 0 spiro atoms. The third kappa shape index (κ3) is 12.0. The summed E-state index contributed by atoms with van der Waals surface area (Å²) < 4.78 is 24.6. The van der Waals surface area contributed by atoms with Crippen LogP contribution in [0.25, 0.3) is 0 Å². The molecule has 0 aliphatic carbocycles. The second kappa shape index (κ2) is 12.4. The number of amidine groups is 1. The third-order valence-electron chi connectivity index (χ3n) is 4.70. The van der Waals surface area contributed by atoms with E-state index < -0.39 is 21.6 Å². The van der Waals surface area contributed by atoms with Crippen LogP contribution in [0.1, 0.15) is 59.2 Å². The number of nitrogens with two attached hydrogens (primary N) is 1. The van der Waals surface area contributed by atoms with Gasteiger partial charge in [0.05, 0.1) is 0 Å². The molecule has 11 heteroatoms. The predicted octanol–water partition coefficient (Wildman–Crippen LogP) is 1.34. The van der Waals surface area contributed by atoms with Gasteiger partial charge >= 0.3 is 0 Å². The van der Waals surface area contributed by atoms with Crippen molar-refractivity contribution in [3.05, 3.63) is 5.82 Å². The first-order valence-corrected chi connectivity index (χ1v) is 12.9. The molecule has 1 heterocycles. The second-order valence-corrected chi connectivity index (χ2v) is 12.3. The maximum absolute atomic E-state index is 12.3. The highest BCUT2D eigenvalue weighted by molar-refractivity contribution is 7.85. The van der Waals surface area contributed by atoms with Gasteiger partial charge in [-0.2, -0.15) is 10.3 Å². The summed E-state index contributed by atoms with van der Waals surface area (Å²) in [4.78, 5) is 0. The maximum atomic E-state index is 12.3. The summed E-state index contributed by atoms with van der Waals surface area (Å²) in [6, 6.07) is 0. The Balaban J connectivity index is 2.22. The Labute approximate surface area is 179 Å². The summed E-state index contributed by atoms with van der Waals surface area (Å²) in [5, 5.41) is 18.0. The zero-order chi connectivity index (χ0) is 21.9. The molecule has 9 nitrogen and oxygen atoms in total. The highest BCUT2D eigenvalue weighted by Crippen LogP contribution is 2.26. The van der Waals surface area contributed by atoms with Crippen molar-refractivity contribution in [2.45, 2.75) is 59.8 Å². The number of nitrogens with one attached hydrogen (secondary N) is 2. The third-order valence-corrected chi connectivity index (χ3v) is 7.50. The van der Waals surface area contributed by atoms with Gasteiger partial charge in [0.2, 0.25) is 0 Å². The highest BCUT2D eigenvalue weighted by atomic mass is 32.2. The minimum absolute atomic E-state index is 0.0353. The van der Waals surface area contributed by atoms with Crippen molar-refractivity contribution >= 4 is 27.4 Å². The summed E-state index contributed by atoms with van der Waals surface area (Å²) in [5.74, 6) is 3.68. The van der Waals surface area contributed by atoms with E-state index in [1.807, 2.05) is 0 Å². The predicted molar refractivity (Wildman–Crippen MR) is 120 cm³/mol. The van der Waals surface area contributed by atoms with E-state index in [2.05, 4.69) is 58.8 Å². The van der Waals surface area contributed by atoms with Crippen molar-refractivity contribution in [2.24, 2.45) is 21.7 Å². The van der Waals surface area contributed by atoms with E-state index in [0.29, 0.717) is 53.9 Å². The van der Waals surface area contributed by atoms with E-state index in [4.69, 9.17) is 5.73 Å². The average Bonchev–Trinajstić information content (AvgIpc) is 3.10. The van der Waals surface area contributed by atoms with Crippen LogP contribution in [0.3, 0.4) is 0 Å². The van der Waals surface area contributed by atoms with Gasteiger partial charge in [0, 0.05) is 64.5 Å². The topological polar surface area (TPSA) is 139 Å². The first kappa shape index (κ1) is 25.7. The SMILES string of the molecule is CN/N=C(\N)CC(C)(C)CCS(=O)CCCS(=O)CCC(C)(C)Cc1nn[nH]n1. The quantitative estimate of drug-likeness (QED) is 0.209. The van der Waals surface area contributed by atoms with Crippen molar-refractivity contribution in [1.82, 2.24) is 26.0 Å². The lowest BCUT2D eigenvalue weighted by Crippen LogP contribution is -2.26. The number of aromatic nitrogens is 4. The number of tetrazole rings is 1. The van der Waals surface area contributed by atoms with Crippen LogP contribution < -0.4 is 11.2 Å². The van der Waals surface area contributed by atoms with Crippen molar-refractivity contribution < 1.29 is 8.42 Å². The van der Waals surface area contributed by atoms with Gasteiger partial charge in [0.15, 0.2) is 5.82 Å². The molecule has 4 N–H and O–H groups in total. The standard InChI is InChI=1S/C18H37N7O2S2/c1-17(2,13-15(19)21-20-5)7-11-28(26)9-6-10-29(27)12-8-18(3,4)14-16-22-24-25-23-16/h20H,6-14H2,1-5H3,(H2,19,21)(H,22,23,24,25). The number of rotatable bonds is 15. The molecular weight excluding hydrogens is 410 g/mol. The lowest BCUT2D eigenvalue weighted by Gasteiger charge is -2.23. The van der Waals surface area contributed by atoms with Crippen LogP contribution in [0.2, 0.25) is 0 Å². The lowest BCUT2D eigenvalue weighted by molar-refractivity contribution is 0.343. The molecule has 0 bridgehead atoms. The Morgan fingerprint density at radius 3 is 2.17 bits per heavy atom. The van der Waals surface area contributed by atoms with Crippen molar-refractivity contribution in [1.29, 1.82) is 0 Å². The first-order valence-electron chi connectivity index (χ1n) is 9.94. The van der Waals surface area contributed by atoms with E-state index in [0.717, 1.165) is 12.8 Å². The van der Waals surface area contributed by atoms with Crippen molar-refractivity contribution in [2.75, 3.05) is 30.1 Å². The minimum atomic E-state index is -0.902. The number of hydrazone groups is 1. The van der Waals surface area contributed by atoms with Gasteiger partial charge in [-0.1, -0.05) is 32.9 Å². The molecule has 1 aromatic rings. The summed E-state index contributed by atoms with van der Waals surface area (Å²) >= 11 is 0. The number of H-pyrrole nitrogens is 1. The molecule has 0 fully saturated rings. The molecule has 168 valence electrons. The molecule has 0 aliphatic heterocycles. The Hall–Kier alpha value is -1.36. The molecule has 0 radical (unpaired) electrons. The van der Waals surface area contributed by atoms with Crippen molar-refractivity contribution in [3.8, 4) is 0 Å². The summed E-state index contributed by atoms with van der Waals surface area (Å²) in [6.07, 6.45) is 3.71. The van der Waals surface area contributed by atoms with Gasteiger partial charge in [-0.25, -0.2) is 0 Å². The second-order valence-electron chi connectivity index (χ2n) is 8.89. The molecule has 29 heavy (non-hydrogen) atoms. The molecule has 1 aromatic heterocycles. The molecule has 0 aliphatic rings. The number of aromatic amines is 1. The van der Waals surface area contributed by atoms with Gasteiger partial charge in [-0.3, -0.25) is 8.42 Å². The molecule has 2 atom stereocenters. The molecular formula is C18H37N7O2S2. The molecule has 2 unspecified atom stereocenters. The van der Waals surface area contributed by atoms with E-state index >= 15 is 0 Å². The average molecular weight is 448 g/mol. The van der Waals surface area contributed by atoms with E-state index in [9.17, 15) is 8.42 Å². The van der Waals surface area contributed by atoms with Crippen LogP contribution in [0.5, 0.6) is 0 Å². The fraction of sp³-hybridized carbons (Fsp3) is 0.889. The summed E-state index contributed by atoms with van der Waals surface area (Å²) in [7, 11) is -0.0865. The van der Waals surface area contributed by atoms with Crippen LogP contribution in [-0.4, -0.2) is 64.9 Å². The summed E-state index contributed by atoms with van der Waals surface area (Å²) in [5.41, 5.74) is 8.46. The molecule has 0 aromatic carbocycles.